The SMILES string of the molecule is O=c1ncc2ccn(-c3ccccc3)c2[nH]1. The van der Waals surface area contributed by atoms with E-state index in [-0.39, 0.29) is 5.69 Å². The van der Waals surface area contributed by atoms with Crippen LogP contribution in [0, 0.1) is 0 Å². The minimum absolute atomic E-state index is 0.330. The average Bonchev–Trinajstić information content (AvgIpc) is 2.73. The van der Waals surface area contributed by atoms with Crippen LogP contribution in [-0.2, 0) is 0 Å². The molecule has 0 saturated heterocycles. The molecule has 0 radical (unpaired) electrons. The van der Waals surface area contributed by atoms with Gasteiger partial charge in [-0.3, -0.25) is 4.98 Å². The van der Waals surface area contributed by atoms with Gasteiger partial charge in [0.05, 0.1) is 0 Å². The molecule has 1 N–H and O–H groups in total. The van der Waals surface area contributed by atoms with Crippen molar-refractivity contribution >= 4 is 11.0 Å². The molecule has 2 aromatic heterocycles. The summed E-state index contributed by atoms with van der Waals surface area (Å²) in [5, 5.41) is 0.920. The number of hydrogen-bond donors (Lipinski definition) is 1. The summed E-state index contributed by atoms with van der Waals surface area (Å²) in [4.78, 5) is 17.6. The number of para-hydroxylation sites is 1. The van der Waals surface area contributed by atoms with Gasteiger partial charge in [-0.25, -0.2) is 9.78 Å². The van der Waals surface area contributed by atoms with Gasteiger partial charge in [-0.05, 0) is 18.2 Å². The lowest BCUT2D eigenvalue weighted by atomic mass is 10.3. The van der Waals surface area contributed by atoms with Crippen LogP contribution in [0.15, 0.2) is 53.6 Å². The maximum atomic E-state index is 11.2. The third-order valence-corrected chi connectivity index (χ3v) is 2.50. The highest BCUT2D eigenvalue weighted by Gasteiger charge is 2.03. The molecule has 0 aliphatic carbocycles. The second kappa shape index (κ2) is 3.34. The highest BCUT2D eigenvalue weighted by Crippen LogP contribution is 2.15. The summed E-state index contributed by atoms with van der Waals surface area (Å²) in [5.41, 5.74) is 1.45. The minimum atomic E-state index is -0.330. The molecular weight excluding hydrogens is 202 g/mol. The Morgan fingerprint density at radius 2 is 1.94 bits per heavy atom. The number of aromatic nitrogens is 3. The highest BCUT2D eigenvalue weighted by molar-refractivity contribution is 5.76. The van der Waals surface area contributed by atoms with Crippen molar-refractivity contribution in [3.8, 4) is 5.69 Å². The molecule has 78 valence electrons. The van der Waals surface area contributed by atoms with Crippen LogP contribution in [0.2, 0.25) is 0 Å². The number of benzene rings is 1. The fourth-order valence-corrected chi connectivity index (χ4v) is 1.75. The first-order chi connectivity index (χ1) is 7.84. The quantitative estimate of drug-likeness (QED) is 0.666. The summed E-state index contributed by atoms with van der Waals surface area (Å²) in [6.07, 6.45) is 3.49. The Kier molecular flexibility index (Phi) is 1.86. The summed E-state index contributed by atoms with van der Waals surface area (Å²) in [7, 11) is 0. The van der Waals surface area contributed by atoms with Crippen LogP contribution in [0.5, 0.6) is 0 Å². The van der Waals surface area contributed by atoms with E-state index in [0.29, 0.717) is 0 Å². The first kappa shape index (κ1) is 8.91. The molecule has 0 unspecified atom stereocenters. The first-order valence-corrected chi connectivity index (χ1v) is 4.96. The second-order valence-electron chi connectivity index (χ2n) is 3.51. The van der Waals surface area contributed by atoms with Gasteiger partial charge < -0.3 is 4.57 Å². The van der Waals surface area contributed by atoms with Crippen LogP contribution in [-0.4, -0.2) is 14.5 Å². The molecule has 0 fully saturated rings. The molecule has 0 aliphatic heterocycles. The van der Waals surface area contributed by atoms with Crippen LogP contribution >= 0.6 is 0 Å². The molecule has 0 saturated carbocycles. The zero-order chi connectivity index (χ0) is 11.0. The second-order valence-corrected chi connectivity index (χ2v) is 3.51. The summed E-state index contributed by atoms with van der Waals surface area (Å²) in [6.45, 7) is 0. The zero-order valence-electron chi connectivity index (χ0n) is 8.42. The maximum Gasteiger partial charge on any atom is 0.346 e. The molecule has 3 rings (SSSR count). The van der Waals surface area contributed by atoms with Gasteiger partial charge in [0.2, 0.25) is 0 Å². The van der Waals surface area contributed by atoms with E-state index in [2.05, 4.69) is 9.97 Å². The van der Waals surface area contributed by atoms with Crippen molar-refractivity contribution < 1.29 is 0 Å². The normalized spacial score (nSPS) is 10.8. The number of aromatic amines is 1. The third kappa shape index (κ3) is 1.32. The molecular formula is C12H9N3O. The van der Waals surface area contributed by atoms with E-state index in [1.54, 1.807) is 6.20 Å². The Hall–Kier alpha value is -2.36. The molecule has 0 bridgehead atoms. The Morgan fingerprint density at radius 1 is 1.12 bits per heavy atom. The minimum Gasteiger partial charge on any atom is -0.303 e. The number of fused-ring (bicyclic) bond motifs is 1. The van der Waals surface area contributed by atoms with Crippen LogP contribution in [0.1, 0.15) is 0 Å². The van der Waals surface area contributed by atoms with Crippen LogP contribution < -0.4 is 5.69 Å². The van der Waals surface area contributed by atoms with Crippen molar-refractivity contribution in [2.75, 3.05) is 0 Å². The van der Waals surface area contributed by atoms with Crippen molar-refractivity contribution in [3.05, 3.63) is 59.3 Å². The molecule has 1 aromatic carbocycles. The predicted octanol–water partition coefficient (Wildman–Crippen LogP) is 1.71. The molecule has 2 heterocycles. The average molecular weight is 211 g/mol. The van der Waals surface area contributed by atoms with Gasteiger partial charge in [-0.15, -0.1) is 0 Å². The summed E-state index contributed by atoms with van der Waals surface area (Å²) in [5.74, 6) is 0. The monoisotopic (exact) mass is 211 g/mol. The van der Waals surface area contributed by atoms with Crippen molar-refractivity contribution in [3.63, 3.8) is 0 Å². The Labute approximate surface area is 91.2 Å². The largest absolute Gasteiger partial charge is 0.346 e. The maximum absolute atomic E-state index is 11.2. The lowest BCUT2D eigenvalue weighted by Crippen LogP contribution is -2.10. The van der Waals surface area contributed by atoms with Crippen molar-refractivity contribution in [1.82, 2.24) is 14.5 Å². The van der Waals surface area contributed by atoms with Gasteiger partial charge >= 0.3 is 5.69 Å². The van der Waals surface area contributed by atoms with E-state index in [9.17, 15) is 4.79 Å². The lowest BCUT2D eigenvalue weighted by Gasteiger charge is -2.03. The van der Waals surface area contributed by atoms with Gasteiger partial charge in [0, 0.05) is 23.5 Å². The van der Waals surface area contributed by atoms with Gasteiger partial charge in [-0.1, -0.05) is 18.2 Å². The van der Waals surface area contributed by atoms with Crippen molar-refractivity contribution in [2.24, 2.45) is 0 Å². The highest BCUT2D eigenvalue weighted by atomic mass is 16.1. The van der Waals surface area contributed by atoms with Crippen LogP contribution in [0.4, 0.5) is 0 Å². The smallest absolute Gasteiger partial charge is 0.303 e. The van der Waals surface area contributed by atoms with Crippen molar-refractivity contribution in [1.29, 1.82) is 0 Å². The fraction of sp³-hybridized carbons (Fsp3) is 0. The van der Waals surface area contributed by atoms with E-state index in [1.807, 2.05) is 47.2 Å². The number of hydrogen-bond acceptors (Lipinski definition) is 2. The van der Waals surface area contributed by atoms with Crippen LogP contribution in [0.3, 0.4) is 0 Å². The lowest BCUT2D eigenvalue weighted by molar-refractivity contribution is 1.04. The first-order valence-electron chi connectivity index (χ1n) is 4.96. The number of H-pyrrole nitrogens is 1. The molecule has 4 heteroatoms. The molecule has 16 heavy (non-hydrogen) atoms. The van der Waals surface area contributed by atoms with Gasteiger partial charge in [0.15, 0.2) is 0 Å². The topological polar surface area (TPSA) is 50.7 Å². The van der Waals surface area contributed by atoms with E-state index in [1.165, 1.54) is 0 Å². The fourth-order valence-electron chi connectivity index (χ4n) is 1.75. The number of nitrogens with one attached hydrogen (secondary N) is 1. The van der Waals surface area contributed by atoms with E-state index in [0.717, 1.165) is 16.7 Å². The zero-order valence-corrected chi connectivity index (χ0v) is 8.42. The van der Waals surface area contributed by atoms with E-state index < -0.39 is 0 Å². The van der Waals surface area contributed by atoms with E-state index in [4.69, 9.17) is 0 Å². The van der Waals surface area contributed by atoms with E-state index >= 15 is 0 Å². The molecule has 0 aliphatic rings. The van der Waals surface area contributed by atoms with Crippen LogP contribution in [0.25, 0.3) is 16.7 Å². The predicted molar refractivity (Wildman–Crippen MR) is 61.7 cm³/mol. The summed E-state index contributed by atoms with van der Waals surface area (Å²) < 4.78 is 1.93. The molecule has 0 atom stereocenters. The Morgan fingerprint density at radius 3 is 2.75 bits per heavy atom. The molecule has 0 amide bonds. The van der Waals surface area contributed by atoms with Crippen molar-refractivity contribution in [2.45, 2.75) is 0 Å². The summed E-state index contributed by atoms with van der Waals surface area (Å²) in [6, 6.07) is 11.8. The standard InChI is InChI=1S/C12H9N3O/c16-12-13-8-9-6-7-15(11(9)14-12)10-4-2-1-3-5-10/h1-8H,(H,13,14,16). The van der Waals surface area contributed by atoms with Gasteiger partial charge in [-0.2, -0.15) is 0 Å². The van der Waals surface area contributed by atoms with Gasteiger partial charge in [0.1, 0.15) is 5.65 Å². The van der Waals surface area contributed by atoms with Gasteiger partial charge in [0.25, 0.3) is 0 Å². The molecule has 3 aromatic rings. The summed E-state index contributed by atoms with van der Waals surface area (Å²) >= 11 is 0. The third-order valence-electron chi connectivity index (χ3n) is 2.50. The Bertz CT molecular complexity index is 682. The number of nitrogens with zero attached hydrogens (tertiary/aromatic N) is 2. The molecule has 0 spiro atoms. The Balaban J connectivity index is 2.33. The number of rotatable bonds is 1. The molecule has 4 nitrogen and oxygen atoms in total.